The van der Waals surface area contributed by atoms with Crippen molar-refractivity contribution in [3.8, 4) is 11.5 Å². The first-order chi connectivity index (χ1) is 8.65. The Bertz CT molecular complexity index is 470. The van der Waals surface area contributed by atoms with Crippen molar-refractivity contribution >= 4 is 11.7 Å². The second kappa shape index (κ2) is 5.53. The summed E-state index contributed by atoms with van der Waals surface area (Å²) in [5, 5.41) is 2.70. The summed E-state index contributed by atoms with van der Waals surface area (Å²) in [6, 6.07) is 5.69. The third-order valence-electron chi connectivity index (χ3n) is 2.58. The zero-order valence-electron chi connectivity index (χ0n) is 10.2. The predicted molar refractivity (Wildman–Crippen MR) is 64.6 cm³/mol. The molecule has 1 aliphatic rings. The van der Waals surface area contributed by atoms with Crippen molar-refractivity contribution in [2.24, 2.45) is 0 Å². The van der Waals surface area contributed by atoms with Gasteiger partial charge in [0.2, 0.25) is 12.7 Å². The monoisotopic (exact) mass is 249 g/mol. The Kier molecular flexibility index (Phi) is 3.82. The summed E-state index contributed by atoms with van der Waals surface area (Å²) in [5.74, 6) is 1.13. The van der Waals surface area contributed by atoms with Gasteiger partial charge in [0.25, 0.3) is 0 Å². The third kappa shape index (κ3) is 3.23. The van der Waals surface area contributed by atoms with Gasteiger partial charge in [0, 0.05) is 6.54 Å². The van der Waals surface area contributed by atoms with Crippen LogP contribution in [0.4, 0.5) is 0 Å². The summed E-state index contributed by atoms with van der Waals surface area (Å²) in [6.45, 7) is 2.16. The number of ether oxygens (including phenoxy) is 2. The predicted octanol–water partition coefficient (Wildman–Crippen LogP) is 1.05. The molecule has 1 aromatic carbocycles. The van der Waals surface area contributed by atoms with Crippen molar-refractivity contribution in [1.29, 1.82) is 0 Å². The van der Waals surface area contributed by atoms with Crippen molar-refractivity contribution in [3.63, 3.8) is 0 Å². The van der Waals surface area contributed by atoms with E-state index in [1.165, 1.54) is 6.92 Å². The second-order valence-corrected chi connectivity index (χ2v) is 4.17. The van der Waals surface area contributed by atoms with E-state index in [-0.39, 0.29) is 24.9 Å². The topological polar surface area (TPSA) is 64.6 Å². The molecule has 1 heterocycles. The van der Waals surface area contributed by atoms with Crippen LogP contribution in [0.3, 0.4) is 0 Å². The van der Waals surface area contributed by atoms with Crippen LogP contribution in [0.2, 0.25) is 0 Å². The van der Waals surface area contributed by atoms with Gasteiger partial charge in [0.05, 0.1) is 6.42 Å². The molecule has 0 fully saturated rings. The number of hydrogen-bond donors (Lipinski definition) is 1. The number of benzene rings is 1. The number of rotatable bonds is 5. The highest BCUT2D eigenvalue weighted by Gasteiger charge is 2.13. The van der Waals surface area contributed by atoms with Crippen molar-refractivity contribution < 1.29 is 19.1 Å². The van der Waals surface area contributed by atoms with Crippen LogP contribution in [-0.2, 0) is 16.0 Å². The first kappa shape index (κ1) is 12.4. The van der Waals surface area contributed by atoms with Crippen molar-refractivity contribution in [2.45, 2.75) is 19.8 Å². The average molecular weight is 249 g/mol. The molecule has 18 heavy (non-hydrogen) atoms. The van der Waals surface area contributed by atoms with Gasteiger partial charge in [-0.15, -0.1) is 0 Å². The standard InChI is InChI=1S/C13H15NO4/c1-9(15)6-13(16)14-5-4-10-2-3-11-12(7-10)18-8-17-11/h2-3,7H,4-6,8H2,1H3,(H,14,16). The van der Waals surface area contributed by atoms with E-state index in [1.807, 2.05) is 18.2 Å². The van der Waals surface area contributed by atoms with Crippen LogP contribution in [0.15, 0.2) is 18.2 Å². The van der Waals surface area contributed by atoms with Crippen LogP contribution in [0.25, 0.3) is 0 Å². The van der Waals surface area contributed by atoms with Gasteiger partial charge in [0.15, 0.2) is 11.5 Å². The Morgan fingerprint density at radius 2 is 2.06 bits per heavy atom. The number of carbonyl (C=O) groups is 2. The lowest BCUT2D eigenvalue weighted by Crippen LogP contribution is -2.27. The first-order valence-corrected chi connectivity index (χ1v) is 5.80. The minimum absolute atomic E-state index is 0.0544. The quantitative estimate of drug-likeness (QED) is 0.792. The van der Waals surface area contributed by atoms with Gasteiger partial charge >= 0.3 is 0 Å². The Labute approximate surface area is 105 Å². The fraction of sp³-hybridized carbons (Fsp3) is 0.385. The SMILES string of the molecule is CC(=O)CC(=O)NCCc1ccc2c(c1)OCO2. The van der Waals surface area contributed by atoms with Crippen molar-refractivity contribution in [3.05, 3.63) is 23.8 Å². The minimum atomic E-state index is -0.233. The number of nitrogens with one attached hydrogen (secondary N) is 1. The zero-order valence-corrected chi connectivity index (χ0v) is 10.2. The van der Waals surface area contributed by atoms with E-state index in [0.29, 0.717) is 13.0 Å². The lowest BCUT2D eigenvalue weighted by atomic mass is 10.1. The molecule has 0 radical (unpaired) electrons. The first-order valence-electron chi connectivity index (χ1n) is 5.80. The van der Waals surface area contributed by atoms with Gasteiger partial charge < -0.3 is 14.8 Å². The summed E-state index contributed by atoms with van der Waals surface area (Å²) >= 11 is 0. The molecule has 0 saturated heterocycles. The molecule has 1 amide bonds. The maximum absolute atomic E-state index is 11.3. The summed E-state index contributed by atoms with van der Waals surface area (Å²) in [7, 11) is 0. The molecule has 5 nitrogen and oxygen atoms in total. The zero-order chi connectivity index (χ0) is 13.0. The van der Waals surface area contributed by atoms with Gasteiger partial charge in [-0.2, -0.15) is 0 Å². The lowest BCUT2D eigenvalue weighted by molar-refractivity contribution is -0.127. The van der Waals surface area contributed by atoms with E-state index in [0.717, 1.165) is 17.1 Å². The average Bonchev–Trinajstić information content (AvgIpc) is 2.75. The number of ketones is 1. The molecule has 5 heteroatoms. The van der Waals surface area contributed by atoms with E-state index in [2.05, 4.69) is 5.32 Å². The van der Waals surface area contributed by atoms with E-state index in [1.54, 1.807) is 0 Å². The second-order valence-electron chi connectivity index (χ2n) is 4.17. The number of amides is 1. The molecule has 0 atom stereocenters. The summed E-state index contributed by atoms with van der Waals surface area (Å²) in [6.07, 6.45) is 0.640. The molecular formula is C13H15NO4. The van der Waals surface area contributed by atoms with E-state index >= 15 is 0 Å². The molecule has 0 aromatic heterocycles. The summed E-state index contributed by atoms with van der Waals surface area (Å²) in [5.41, 5.74) is 1.06. The van der Waals surface area contributed by atoms with E-state index < -0.39 is 0 Å². The fourth-order valence-electron chi connectivity index (χ4n) is 1.73. The Hall–Kier alpha value is -2.04. The van der Waals surface area contributed by atoms with Gasteiger partial charge in [-0.25, -0.2) is 0 Å². The largest absolute Gasteiger partial charge is 0.454 e. The molecular weight excluding hydrogens is 234 g/mol. The van der Waals surface area contributed by atoms with Crippen LogP contribution in [0, 0.1) is 0 Å². The maximum Gasteiger partial charge on any atom is 0.231 e. The molecule has 0 aliphatic carbocycles. The lowest BCUT2D eigenvalue weighted by Gasteiger charge is -2.05. The Morgan fingerprint density at radius 3 is 2.83 bits per heavy atom. The minimum Gasteiger partial charge on any atom is -0.454 e. The third-order valence-corrected chi connectivity index (χ3v) is 2.58. The molecule has 0 saturated carbocycles. The summed E-state index contributed by atoms with van der Waals surface area (Å²) < 4.78 is 10.5. The van der Waals surface area contributed by atoms with Crippen molar-refractivity contribution in [1.82, 2.24) is 5.32 Å². The van der Waals surface area contributed by atoms with E-state index in [9.17, 15) is 9.59 Å². The van der Waals surface area contributed by atoms with Crippen LogP contribution < -0.4 is 14.8 Å². The molecule has 2 rings (SSSR count). The van der Waals surface area contributed by atoms with Gasteiger partial charge in [0.1, 0.15) is 5.78 Å². The summed E-state index contributed by atoms with van der Waals surface area (Å²) in [4.78, 5) is 22.0. The number of hydrogen-bond acceptors (Lipinski definition) is 4. The van der Waals surface area contributed by atoms with Gasteiger partial charge in [-0.05, 0) is 31.0 Å². The van der Waals surface area contributed by atoms with Gasteiger partial charge in [-0.1, -0.05) is 6.07 Å². The molecule has 0 bridgehead atoms. The highest BCUT2D eigenvalue weighted by molar-refractivity contribution is 5.96. The molecule has 0 unspecified atom stereocenters. The molecule has 1 aromatic rings. The van der Waals surface area contributed by atoms with Gasteiger partial charge in [-0.3, -0.25) is 9.59 Å². The highest BCUT2D eigenvalue weighted by atomic mass is 16.7. The number of Topliss-reactive ketones (excluding diaryl/α,β-unsaturated/α-hetero) is 1. The van der Waals surface area contributed by atoms with Crippen LogP contribution in [0.1, 0.15) is 18.9 Å². The van der Waals surface area contributed by atoms with E-state index in [4.69, 9.17) is 9.47 Å². The normalized spacial score (nSPS) is 12.3. The van der Waals surface area contributed by atoms with Crippen molar-refractivity contribution in [2.75, 3.05) is 13.3 Å². The smallest absolute Gasteiger partial charge is 0.231 e. The highest BCUT2D eigenvalue weighted by Crippen LogP contribution is 2.32. The Morgan fingerprint density at radius 1 is 1.28 bits per heavy atom. The molecule has 96 valence electrons. The van der Waals surface area contributed by atoms with Crippen LogP contribution in [0.5, 0.6) is 11.5 Å². The maximum atomic E-state index is 11.3. The molecule has 1 aliphatic heterocycles. The molecule has 0 spiro atoms. The van der Waals surface area contributed by atoms with Crippen LogP contribution >= 0.6 is 0 Å². The number of fused-ring (bicyclic) bond motifs is 1. The molecule has 1 N–H and O–H groups in total. The Balaban J connectivity index is 1.80. The number of carbonyl (C=O) groups excluding carboxylic acids is 2. The fourth-order valence-corrected chi connectivity index (χ4v) is 1.73. The van der Waals surface area contributed by atoms with Crippen LogP contribution in [-0.4, -0.2) is 25.0 Å².